The molecule has 0 atom stereocenters. The Labute approximate surface area is 126 Å². The summed E-state index contributed by atoms with van der Waals surface area (Å²) in [4.78, 5) is 4.04. The van der Waals surface area contributed by atoms with E-state index in [1.54, 1.807) is 38.2 Å². The van der Waals surface area contributed by atoms with Gasteiger partial charge in [0.1, 0.15) is 5.65 Å². The number of H-pyrrole nitrogens is 1. The molecule has 0 aliphatic heterocycles. The molecule has 7 nitrogen and oxygen atoms in total. The van der Waals surface area contributed by atoms with Gasteiger partial charge >= 0.3 is 0 Å². The third-order valence-corrected chi connectivity index (χ3v) is 4.81. The largest absolute Gasteiger partial charge is 0.288 e. The number of imidazole rings is 1. The molecule has 0 unspecified atom stereocenters. The Bertz CT molecular complexity index is 909. The second kappa shape index (κ2) is 4.74. The van der Waals surface area contributed by atoms with Crippen LogP contribution in [0.3, 0.4) is 0 Å². The summed E-state index contributed by atoms with van der Waals surface area (Å²) < 4.78 is 29.1. The lowest BCUT2D eigenvalue weighted by Gasteiger charge is -2.08. The molecule has 110 valence electrons. The number of fused-ring (bicyclic) bond motifs is 1. The molecule has 0 saturated heterocycles. The van der Waals surface area contributed by atoms with Gasteiger partial charge in [0.2, 0.25) is 0 Å². The molecule has 0 aliphatic carbocycles. The molecule has 0 saturated carbocycles. The third-order valence-electron chi connectivity index (χ3n) is 3.07. The Balaban J connectivity index is 2.15. The van der Waals surface area contributed by atoms with Gasteiger partial charge in [-0.05, 0) is 26.0 Å². The van der Waals surface area contributed by atoms with Gasteiger partial charge < -0.3 is 0 Å². The van der Waals surface area contributed by atoms with Crippen molar-refractivity contribution in [3.8, 4) is 0 Å². The van der Waals surface area contributed by atoms with Crippen LogP contribution in [0.15, 0.2) is 29.4 Å². The highest BCUT2D eigenvalue weighted by Gasteiger charge is 2.26. The van der Waals surface area contributed by atoms with Crippen LogP contribution < -0.4 is 4.72 Å². The van der Waals surface area contributed by atoms with Crippen LogP contribution in [0, 0.1) is 13.8 Å². The maximum atomic E-state index is 12.6. The van der Waals surface area contributed by atoms with Crippen molar-refractivity contribution < 1.29 is 8.42 Å². The van der Waals surface area contributed by atoms with E-state index in [0.29, 0.717) is 22.7 Å². The molecule has 0 amide bonds. The Morgan fingerprint density at radius 1 is 1.33 bits per heavy atom. The molecule has 3 aromatic rings. The van der Waals surface area contributed by atoms with E-state index < -0.39 is 10.0 Å². The first-order valence-electron chi connectivity index (χ1n) is 6.07. The van der Waals surface area contributed by atoms with Gasteiger partial charge in [-0.25, -0.2) is 4.98 Å². The summed E-state index contributed by atoms with van der Waals surface area (Å²) in [6.07, 6.45) is 1.60. The van der Waals surface area contributed by atoms with Crippen LogP contribution in [0.5, 0.6) is 0 Å². The average Bonchev–Trinajstić information content (AvgIpc) is 2.92. The minimum atomic E-state index is -3.88. The predicted octanol–water partition coefficient (Wildman–Crippen LogP) is 2.13. The fourth-order valence-corrected chi connectivity index (χ4v) is 3.90. The molecular formula is C12H12ClN5O2S. The normalized spacial score (nSPS) is 12.0. The Hall–Kier alpha value is -2.06. The first-order chi connectivity index (χ1) is 9.90. The standard InChI is InChI=1S/C12H12ClN5O2S/c1-7-10(8(2)16-15-7)17-21(19,20)12-11(13)14-9-5-3-4-6-18(9)12/h3-6,17H,1-2H3,(H,15,16). The summed E-state index contributed by atoms with van der Waals surface area (Å²) in [6, 6.07) is 5.14. The summed E-state index contributed by atoms with van der Waals surface area (Å²) in [5.41, 5.74) is 2.06. The van der Waals surface area contributed by atoms with Gasteiger partial charge in [0, 0.05) is 6.20 Å². The number of halogens is 1. The van der Waals surface area contributed by atoms with E-state index in [4.69, 9.17) is 11.6 Å². The lowest BCUT2D eigenvalue weighted by molar-refractivity contribution is 0.596. The van der Waals surface area contributed by atoms with Crippen LogP contribution >= 0.6 is 11.6 Å². The van der Waals surface area contributed by atoms with Gasteiger partial charge in [-0.3, -0.25) is 14.2 Å². The highest BCUT2D eigenvalue weighted by molar-refractivity contribution is 7.92. The molecule has 0 bridgehead atoms. The Morgan fingerprint density at radius 2 is 2.10 bits per heavy atom. The number of hydrogen-bond donors (Lipinski definition) is 2. The second-order valence-electron chi connectivity index (χ2n) is 4.55. The van der Waals surface area contributed by atoms with Gasteiger partial charge in [0.25, 0.3) is 10.0 Å². The highest BCUT2D eigenvalue weighted by atomic mass is 35.5. The molecule has 2 N–H and O–H groups in total. The number of sulfonamides is 1. The SMILES string of the molecule is Cc1n[nH]c(C)c1NS(=O)(=O)c1c(Cl)nc2ccccn12. The van der Waals surface area contributed by atoms with Gasteiger partial charge in [0.15, 0.2) is 10.2 Å². The molecule has 3 aromatic heterocycles. The number of aromatic nitrogens is 4. The van der Waals surface area contributed by atoms with E-state index >= 15 is 0 Å². The summed E-state index contributed by atoms with van der Waals surface area (Å²) in [5.74, 6) is 0. The lowest BCUT2D eigenvalue weighted by atomic mass is 10.3. The molecule has 0 fully saturated rings. The van der Waals surface area contributed by atoms with Gasteiger partial charge in [-0.2, -0.15) is 13.5 Å². The van der Waals surface area contributed by atoms with Gasteiger partial charge in [-0.1, -0.05) is 17.7 Å². The first-order valence-corrected chi connectivity index (χ1v) is 7.93. The fraction of sp³-hybridized carbons (Fsp3) is 0.167. The van der Waals surface area contributed by atoms with Crippen molar-refractivity contribution in [2.75, 3.05) is 4.72 Å². The van der Waals surface area contributed by atoms with E-state index in [-0.39, 0.29) is 10.2 Å². The number of hydrogen-bond acceptors (Lipinski definition) is 4. The molecule has 0 spiro atoms. The Morgan fingerprint density at radius 3 is 2.76 bits per heavy atom. The quantitative estimate of drug-likeness (QED) is 0.771. The van der Waals surface area contributed by atoms with Crippen molar-refractivity contribution >= 4 is 33.0 Å². The number of pyridine rings is 1. The smallest absolute Gasteiger partial charge is 0.281 e. The molecule has 21 heavy (non-hydrogen) atoms. The molecule has 3 rings (SSSR count). The van der Waals surface area contributed by atoms with Crippen LogP contribution in [-0.4, -0.2) is 28.0 Å². The van der Waals surface area contributed by atoms with Crippen LogP contribution in [-0.2, 0) is 10.0 Å². The zero-order valence-corrected chi connectivity index (χ0v) is 12.8. The highest BCUT2D eigenvalue weighted by Crippen LogP contribution is 2.26. The predicted molar refractivity (Wildman–Crippen MR) is 79.1 cm³/mol. The summed E-state index contributed by atoms with van der Waals surface area (Å²) in [6.45, 7) is 3.44. The number of aromatic amines is 1. The maximum absolute atomic E-state index is 12.6. The molecule has 0 aliphatic rings. The van der Waals surface area contributed by atoms with E-state index in [1.165, 1.54) is 4.40 Å². The topological polar surface area (TPSA) is 92.1 Å². The van der Waals surface area contributed by atoms with E-state index in [9.17, 15) is 8.42 Å². The zero-order chi connectivity index (χ0) is 15.2. The van der Waals surface area contributed by atoms with E-state index in [2.05, 4.69) is 19.9 Å². The fourth-order valence-electron chi connectivity index (χ4n) is 2.07. The molecule has 9 heteroatoms. The molecule has 3 heterocycles. The van der Waals surface area contributed by atoms with Crippen LogP contribution in [0.25, 0.3) is 5.65 Å². The number of rotatable bonds is 3. The van der Waals surface area contributed by atoms with Crippen LogP contribution in [0.4, 0.5) is 5.69 Å². The summed E-state index contributed by atoms with van der Waals surface area (Å²) >= 11 is 6.00. The monoisotopic (exact) mass is 325 g/mol. The number of anilines is 1. The van der Waals surface area contributed by atoms with Crippen molar-refractivity contribution in [2.24, 2.45) is 0 Å². The van der Waals surface area contributed by atoms with Crippen molar-refractivity contribution in [3.05, 3.63) is 40.9 Å². The minimum Gasteiger partial charge on any atom is -0.288 e. The van der Waals surface area contributed by atoms with Crippen molar-refractivity contribution in [1.82, 2.24) is 19.6 Å². The third kappa shape index (κ3) is 2.26. The van der Waals surface area contributed by atoms with Crippen LogP contribution in [0.1, 0.15) is 11.4 Å². The van der Waals surface area contributed by atoms with Crippen molar-refractivity contribution in [3.63, 3.8) is 0 Å². The molecule has 0 aromatic carbocycles. The van der Waals surface area contributed by atoms with Crippen molar-refractivity contribution in [2.45, 2.75) is 18.9 Å². The van der Waals surface area contributed by atoms with Gasteiger partial charge in [0.05, 0.1) is 17.1 Å². The average molecular weight is 326 g/mol. The van der Waals surface area contributed by atoms with Crippen LogP contribution in [0.2, 0.25) is 5.15 Å². The lowest BCUT2D eigenvalue weighted by Crippen LogP contribution is -2.16. The Kier molecular flexibility index (Phi) is 3.14. The molecular weight excluding hydrogens is 314 g/mol. The second-order valence-corrected chi connectivity index (χ2v) is 6.51. The maximum Gasteiger partial charge on any atom is 0.281 e. The number of nitrogens with zero attached hydrogens (tertiary/aromatic N) is 3. The minimum absolute atomic E-state index is 0.0764. The first kappa shape index (κ1) is 13.9. The molecule has 0 radical (unpaired) electrons. The summed E-state index contributed by atoms with van der Waals surface area (Å²) in [7, 11) is -3.88. The zero-order valence-electron chi connectivity index (χ0n) is 11.3. The van der Waals surface area contributed by atoms with E-state index in [0.717, 1.165) is 0 Å². The van der Waals surface area contributed by atoms with Gasteiger partial charge in [-0.15, -0.1) is 0 Å². The number of nitrogens with one attached hydrogen (secondary N) is 2. The number of aryl methyl sites for hydroxylation is 2. The summed E-state index contributed by atoms with van der Waals surface area (Å²) in [5, 5.41) is 6.51. The van der Waals surface area contributed by atoms with E-state index in [1.807, 2.05) is 0 Å². The van der Waals surface area contributed by atoms with Crippen molar-refractivity contribution in [1.29, 1.82) is 0 Å².